The summed E-state index contributed by atoms with van der Waals surface area (Å²) in [6.07, 6.45) is 4.12. The summed E-state index contributed by atoms with van der Waals surface area (Å²) in [6, 6.07) is 9.02. The molecule has 2 heterocycles. The van der Waals surface area contributed by atoms with Gasteiger partial charge in [0.25, 0.3) is 5.91 Å². The molecule has 0 radical (unpaired) electrons. The number of likely N-dealkylation sites (tertiary alicyclic amines) is 1. The molecule has 2 N–H and O–H groups in total. The van der Waals surface area contributed by atoms with Crippen molar-refractivity contribution in [3.05, 3.63) is 35.9 Å². The molecule has 168 valence electrons. The number of carbonyl (C=O) groups is 4. The number of piperidine rings is 1. The van der Waals surface area contributed by atoms with Crippen molar-refractivity contribution < 1.29 is 23.9 Å². The first-order chi connectivity index (χ1) is 14.9. The van der Waals surface area contributed by atoms with Crippen molar-refractivity contribution >= 4 is 23.8 Å². The van der Waals surface area contributed by atoms with Gasteiger partial charge in [-0.1, -0.05) is 30.3 Å². The molecular weight excluding hydrogens is 398 g/mol. The predicted molar refractivity (Wildman–Crippen MR) is 114 cm³/mol. The normalized spacial score (nSPS) is 20.2. The molecule has 0 bridgehead atoms. The molecule has 0 saturated carbocycles. The summed E-state index contributed by atoms with van der Waals surface area (Å²) in [7, 11) is 0. The maximum absolute atomic E-state index is 12.8. The van der Waals surface area contributed by atoms with E-state index in [0.29, 0.717) is 32.5 Å². The number of carbonyl (C=O) groups excluding carboxylic acids is 4. The Morgan fingerprint density at radius 1 is 1.16 bits per heavy atom. The molecule has 0 aromatic heterocycles. The van der Waals surface area contributed by atoms with Crippen LogP contribution in [0.1, 0.15) is 51.0 Å². The first-order valence-corrected chi connectivity index (χ1v) is 11.0. The zero-order valence-electron chi connectivity index (χ0n) is 18.0. The van der Waals surface area contributed by atoms with Crippen LogP contribution in [0, 0.1) is 5.41 Å². The summed E-state index contributed by atoms with van der Waals surface area (Å²) in [5.74, 6) is -0.618. The van der Waals surface area contributed by atoms with Gasteiger partial charge in [0.2, 0.25) is 5.91 Å². The molecule has 1 aromatic rings. The standard InChI is InChI=1S/C23H31N3O5/c1-2-31-21(29)23(12-6-9-17-7-4-3-5-8-17)13-15-26(16-14-23)19(27)11-10-18-20(28)25-22(30)24-18/h3-5,7-8,18H,2,6,9-16H2,1H3,(H2,24,25,28,30)/t18-/m1/s1. The average Bonchev–Trinajstić information content (AvgIpc) is 3.10. The topological polar surface area (TPSA) is 105 Å². The monoisotopic (exact) mass is 429 g/mol. The Labute approximate surface area is 182 Å². The minimum atomic E-state index is -0.655. The van der Waals surface area contributed by atoms with Crippen molar-refractivity contribution in [2.75, 3.05) is 19.7 Å². The number of hydrogen-bond donors (Lipinski definition) is 2. The Morgan fingerprint density at radius 3 is 2.48 bits per heavy atom. The molecular formula is C23H31N3O5. The van der Waals surface area contributed by atoms with E-state index in [1.165, 1.54) is 5.56 Å². The fourth-order valence-electron chi connectivity index (χ4n) is 4.39. The van der Waals surface area contributed by atoms with Gasteiger partial charge in [0.05, 0.1) is 12.0 Å². The van der Waals surface area contributed by atoms with Crippen LogP contribution >= 0.6 is 0 Å². The van der Waals surface area contributed by atoms with Crippen LogP contribution in [0.25, 0.3) is 0 Å². The number of rotatable bonds is 9. The lowest BCUT2D eigenvalue weighted by Gasteiger charge is -2.40. The van der Waals surface area contributed by atoms with Crippen LogP contribution in [0.4, 0.5) is 4.79 Å². The minimum Gasteiger partial charge on any atom is -0.466 e. The molecule has 2 saturated heterocycles. The van der Waals surface area contributed by atoms with E-state index in [1.54, 1.807) is 4.90 Å². The van der Waals surface area contributed by atoms with Gasteiger partial charge < -0.3 is 15.0 Å². The van der Waals surface area contributed by atoms with E-state index in [0.717, 1.165) is 19.3 Å². The van der Waals surface area contributed by atoms with Crippen molar-refractivity contribution in [2.24, 2.45) is 5.41 Å². The Bertz CT molecular complexity index is 803. The first kappa shape index (κ1) is 22.8. The first-order valence-electron chi connectivity index (χ1n) is 11.0. The number of imide groups is 1. The summed E-state index contributed by atoms with van der Waals surface area (Å²) < 4.78 is 5.39. The quantitative estimate of drug-likeness (QED) is 0.462. The van der Waals surface area contributed by atoms with E-state index in [1.807, 2.05) is 25.1 Å². The number of nitrogens with one attached hydrogen (secondary N) is 2. The molecule has 0 spiro atoms. The summed E-state index contributed by atoms with van der Waals surface area (Å²) in [5.41, 5.74) is 0.693. The molecule has 0 unspecified atom stereocenters. The van der Waals surface area contributed by atoms with Crippen LogP contribution in [0.2, 0.25) is 0 Å². The van der Waals surface area contributed by atoms with Crippen molar-refractivity contribution in [2.45, 2.75) is 57.9 Å². The SMILES string of the molecule is CCOC(=O)C1(CCCc2ccccc2)CCN(C(=O)CC[C@H]2NC(=O)NC2=O)CC1. The third-order valence-corrected chi connectivity index (χ3v) is 6.25. The molecule has 4 amide bonds. The number of amides is 4. The van der Waals surface area contributed by atoms with Crippen molar-refractivity contribution in [3.8, 4) is 0 Å². The van der Waals surface area contributed by atoms with Gasteiger partial charge in [-0.25, -0.2) is 4.79 Å². The number of benzene rings is 1. The smallest absolute Gasteiger partial charge is 0.322 e. The maximum atomic E-state index is 12.8. The largest absolute Gasteiger partial charge is 0.466 e. The fraction of sp³-hybridized carbons (Fsp3) is 0.565. The van der Waals surface area contributed by atoms with E-state index < -0.39 is 23.4 Å². The van der Waals surface area contributed by atoms with E-state index in [2.05, 4.69) is 22.8 Å². The van der Waals surface area contributed by atoms with Crippen LogP contribution in [0.15, 0.2) is 30.3 Å². The minimum absolute atomic E-state index is 0.0595. The van der Waals surface area contributed by atoms with Gasteiger partial charge in [0.15, 0.2) is 0 Å². The summed E-state index contributed by atoms with van der Waals surface area (Å²) in [6.45, 7) is 3.14. The number of urea groups is 1. The Hall–Kier alpha value is -2.90. The van der Waals surface area contributed by atoms with Gasteiger partial charge in [-0.15, -0.1) is 0 Å². The zero-order valence-corrected chi connectivity index (χ0v) is 18.0. The van der Waals surface area contributed by atoms with Gasteiger partial charge in [0, 0.05) is 19.5 Å². The van der Waals surface area contributed by atoms with E-state index in [-0.39, 0.29) is 24.7 Å². The van der Waals surface area contributed by atoms with Gasteiger partial charge in [-0.2, -0.15) is 0 Å². The molecule has 8 nitrogen and oxygen atoms in total. The van der Waals surface area contributed by atoms with E-state index >= 15 is 0 Å². The summed E-state index contributed by atoms with van der Waals surface area (Å²) >= 11 is 0. The molecule has 2 fully saturated rings. The molecule has 2 aliphatic heterocycles. The number of ether oxygens (including phenoxy) is 1. The van der Waals surface area contributed by atoms with E-state index in [9.17, 15) is 19.2 Å². The molecule has 1 aromatic carbocycles. The Balaban J connectivity index is 1.52. The molecule has 31 heavy (non-hydrogen) atoms. The second kappa shape index (κ2) is 10.4. The molecule has 0 aliphatic carbocycles. The Kier molecular flexibility index (Phi) is 7.65. The van der Waals surface area contributed by atoms with Crippen molar-refractivity contribution in [1.82, 2.24) is 15.5 Å². The highest BCUT2D eigenvalue weighted by Crippen LogP contribution is 2.38. The number of nitrogens with zero attached hydrogens (tertiary/aromatic N) is 1. The molecule has 3 rings (SSSR count). The summed E-state index contributed by atoms with van der Waals surface area (Å²) in [5, 5.41) is 4.68. The number of aryl methyl sites for hydroxylation is 1. The van der Waals surface area contributed by atoms with Gasteiger partial charge in [0.1, 0.15) is 6.04 Å². The highest BCUT2D eigenvalue weighted by atomic mass is 16.5. The van der Waals surface area contributed by atoms with Crippen molar-refractivity contribution in [1.29, 1.82) is 0 Å². The summed E-state index contributed by atoms with van der Waals surface area (Å²) in [4.78, 5) is 50.0. The molecule has 8 heteroatoms. The van der Waals surface area contributed by atoms with Crippen LogP contribution in [0.3, 0.4) is 0 Å². The number of esters is 1. The molecule has 1 atom stereocenters. The average molecular weight is 430 g/mol. The van der Waals surface area contributed by atoms with Crippen LogP contribution in [-0.2, 0) is 25.5 Å². The second-order valence-electron chi connectivity index (χ2n) is 8.27. The zero-order chi connectivity index (χ0) is 22.3. The van der Waals surface area contributed by atoms with Crippen LogP contribution < -0.4 is 10.6 Å². The highest BCUT2D eigenvalue weighted by Gasteiger charge is 2.43. The third-order valence-electron chi connectivity index (χ3n) is 6.25. The van der Waals surface area contributed by atoms with Crippen LogP contribution in [-0.4, -0.2) is 54.5 Å². The lowest BCUT2D eigenvalue weighted by molar-refractivity contribution is -0.161. The highest BCUT2D eigenvalue weighted by molar-refractivity contribution is 6.04. The fourth-order valence-corrected chi connectivity index (χ4v) is 4.39. The predicted octanol–water partition coefficient (Wildman–Crippen LogP) is 2.17. The van der Waals surface area contributed by atoms with Gasteiger partial charge >= 0.3 is 12.0 Å². The Morgan fingerprint density at radius 2 is 1.87 bits per heavy atom. The maximum Gasteiger partial charge on any atom is 0.322 e. The number of hydrogen-bond acceptors (Lipinski definition) is 5. The molecule has 2 aliphatic rings. The van der Waals surface area contributed by atoms with Gasteiger partial charge in [-0.3, -0.25) is 19.7 Å². The third kappa shape index (κ3) is 5.83. The van der Waals surface area contributed by atoms with E-state index in [4.69, 9.17) is 4.74 Å². The van der Waals surface area contributed by atoms with Crippen LogP contribution in [0.5, 0.6) is 0 Å². The lowest BCUT2D eigenvalue weighted by Crippen LogP contribution is -2.47. The van der Waals surface area contributed by atoms with Gasteiger partial charge in [-0.05, 0) is 51.0 Å². The lowest BCUT2D eigenvalue weighted by atomic mass is 9.74. The second-order valence-corrected chi connectivity index (χ2v) is 8.27. The van der Waals surface area contributed by atoms with Crippen molar-refractivity contribution in [3.63, 3.8) is 0 Å².